The van der Waals surface area contributed by atoms with Gasteiger partial charge >= 0.3 is 0 Å². The molecule has 0 spiro atoms. The van der Waals surface area contributed by atoms with E-state index in [0.29, 0.717) is 0 Å². The molecule has 6 nitrogen and oxygen atoms in total. The summed E-state index contributed by atoms with van der Waals surface area (Å²) in [7, 11) is 0. The summed E-state index contributed by atoms with van der Waals surface area (Å²) in [5.74, 6) is 0. The zero-order valence-corrected chi connectivity index (χ0v) is 43.3. The van der Waals surface area contributed by atoms with Gasteiger partial charge in [-0.15, -0.1) is 0 Å². The number of anilines is 12. The van der Waals surface area contributed by atoms with E-state index in [4.69, 9.17) is 4.42 Å². The predicted octanol–water partition coefficient (Wildman–Crippen LogP) is 14.8. The van der Waals surface area contributed by atoms with E-state index in [1.165, 1.54) is 71.3 Å². The van der Waals surface area contributed by atoms with E-state index in [1.54, 1.807) is 0 Å². The van der Waals surface area contributed by atoms with Gasteiger partial charge in [0.2, 0.25) is 0 Å². The average Bonchev–Trinajstić information content (AvgIpc) is 3.02. The Bertz CT molecular complexity index is 4780. The lowest BCUT2D eigenvalue weighted by Crippen LogP contribution is -2.67. The number of benzene rings is 12. The molecule has 2 aromatic heterocycles. The number of hydrogen-bond acceptors (Lipinski definition) is 5. The van der Waals surface area contributed by atoms with Crippen molar-refractivity contribution < 1.29 is 4.42 Å². The Balaban J connectivity index is 1.00. The first-order valence-electron chi connectivity index (χ1n) is 27.7. The fraction of sp³-hybridized carbons (Fsp3) is 0. The minimum Gasteiger partial charge on any atom is -0.456 e. The molecule has 0 amide bonds. The Morgan fingerprint density at radius 2 is 0.762 bits per heavy atom. The third-order valence-corrected chi connectivity index (χ3v) is 17.4. The minimum atomic E-state index is -0.165. The highest BCUT2D eigenvalue weighted by atomic mass is 16.3. The molecule has 0 aliphatic carbocycles. The van der Waals surface area contributed by atoms with E-state index < -0.39 is 0 Å². The van der Waals surface area contributed by atoms with E-state index in [9.17, 15) is 0 Å². The maximum absolute atomic E-state index is 7.02. The van der Waals surface area contributed by atoms with Crippen LogP contribution in [0.25, 0.3) is 49.4 Å². The summed E-state index contributed by atoms with van der Waals surface area (Å²) in [4.78, 5) is 9.92. The summed E-state index contributed by atoms with van der Waals surface area (Å²) in [5, 5.41) is 4.77. The van der Waals surface area contributed by atoms with Gasteiger partial charge in [0.05, 0.1) is 5.52 Å². The fourth-order valence-corrected chi connectivity index (χ4v) is 14.4. The van der Waals surface area contributed by atoms with Crippen molar-refractivity contribution in [3.8, 4) is 5.69 Å². The van der Waals surface area contributed by atoms with Crippen molar-refractivity contribution in [2.45, 2.75) is 0 Å². The van der Waals surface area contributed by atoms with Gasteiger partial charge in [0, 0.05) is 101 Å². The molecule has 4 aliphatic heterocycles. The van der Waals surface area contributed by atoms with Gasteiger partial charge < -0.3 is 28.6 Å². The summed E-state index contributed by atoms with van der Waals surface area (Å²) >= 11 is 0. The maximum atomic E-state index is 7.02. The van der Waals surface area contributed by atoms with Crippen LogP contribution in [0.3, 0.4) is 0 Å². The van der Waals surface area contributed by atoms with Crippen molar-refractivity contribution in [1.29, 1.82) is 0 Å². The first-order valence-corrected chi connectivity index (χ1v) is 27.7. The highest BCUT2D eigenvalue weighted by Gasteiger charge is 2.51. The third-order valence-electron chi connectivity index (χ3n) is 17.4. The summed E-state index contributed by atoms with van der Waals surface area (Å²) in [6.07, 6.45) is 0. The molecule has 6 heterocycles. The van der Waals surface area contributed by atoms with Crippen LogP contribution in [0.2, 0.25) is 0 Å². The van der Waals surface area contributed by atoms with Crippen LogP contribution in [0.15, 0.2) is 277 Å². The van der Waals surface area contributed by atoms with Crippen LogP contribution in [0.4, 0.5) is 68.2 Å². The highest BCUT2D eigenvalue weighted by Crippen LogP contribution is 2.51. The molecule has 0 saturated heterocycles. The lowest BCUT2D eigenvalue weighted by Gasteiger charge is -2.47. The van der Waals surface area contributed by atoms with Gasteiger partial charge in [-0.05, 0) is 148 Å². The average molecular weight is 1020 g/mol. The van der Waals surface area contributed by atoms with Crippen molar-refractivity contribution in [2.75, 3.05) is 19.6 Å². The standard InChI is InChI=1S/C72H45B2N5O/c1-7-22-46(23-8-1)75(47-24-9-2-10-25-47)52-38-40-57-60(42-52)77(50-30-15-5-16-31-50)62-45-63-68-72-67(62)73(57)59-36-21-35-54-56-44-65-66(55-34-19-20-37-64(55)80-65)69(71(56)79(72)70(54)59)74(68)58-41-39-53(43-61(58)78(63)51-32-17-6-18-33-51)76(48-26-11-3-12-27-48)49-28-13-4-14-29-49/h1-45H. The Hall–Kier alpha value is -10.4. The molecular weight excluding hydrogens is 972 g/mol. The number of aromatic nitrogens is 1. The van der Waals surface area contributed by atoms with Gasteiger partial charge in [-0.1, -0.05) is 158 Å². The molecule has 18 rings (SSSR count). The number of furan rings is 1. The fourth-order valence-electron chi connectivity index (χ4n) is 14.4. The zero-order valence-electron chi connectivity index (χ0n) is 43.3. The van der Waals surface area contributed by atoms with Crippen molar-refractivity contribution >= 4 is 158 Å². The smallest absolute Gasteiger partial charge is 0.253 e. The second kappa shape index (κ2) is 16.5. The van der Waals surface area contributed by atoms with E-state index in [2.05, 4.69) is 297 Å². The number of para-hydroxylation sites is 8. The second-order valence-corrected chi connectivity index (χ2v) is 21.5. The van der Waals surface area contributed by atoms with Crippen LogP contribution >= 0.6 is 0 Å². The second-order valence-electron chi connectivity index (χ2n) is 21.5. The Morgan fingerprint density at radius 3 is 1.30 bits per heavy atom. The van der Waals surface area contributed by atoms with Gasteiger partial charge in [0.15, 0.2) is 0 Å². The number of rotatable bonds is 8. The van der Waals surface area contributed by atoms with Crippen LogP contribution in [0.5, 0.6) is 0 Å². The molecule has 0 unspecified atom stereocenters. The largest absolute Gasteiger partial charge is 0.456 e. The molecule has 4 aliphatic rings. The van der Waals surface area contributed by atoms with E-state index >= 15 is 0 Å². The Kier molecular flexibility index (Phi) is 9.03. The molecule has 0 atom stereocenters. The number of fused-ring (bicyclic) bond motifs is 11. The molecule has 14 aromatic rings. The number of hydrogen-bond donors (Lipinski definition) is 0. The molecule has 80 heavy (non-hydrogen) atoms. The molecule has 0 bridgehead atoms. The summed E-state index contributed by atoms with van der Waals surface area (Å²) in [5.41, 5.74) is 26.7. The molecule has 0 saturated carbocycles. The monoisotopic (exact) mass is 1020 g/mol. The SMILES string of the molecule is c1ccc(N(c2ccccc2)c2ccc3c(c2)N(c2ccccc2)c2cc4c5c6c2B3c2cccc3c7cc8oc9ccccc9c8c(c7n-6c23)B5c2ccc(N(c3ccccc3)c3ccccc3)cc2N4c2ccccc2)cc1. The molecule has 0 radical (unpaired) electrons. The van der Waals surface area contributed by atoms with Crippen LogP contribution in [-0.4, -0.2) is 18.0 Å². The van der Waals surface area contributed by atoms with Gasteiger partial charge in [0.1, 0.15) is 11.2 Å². The van der Waals surface area contributed by atoms with Crippen molar-refractivity contribution in [1.82, 2.24) is 4.57 Å². The molecule has 0 N–H and O–H groups in total. The molecule has 370 valence electrons. The Morgan fingerprint density at radius 1 is 0.300 bits per heavy atom. The van der Waals surface area contributed by atoms with Gasteiger partial charge in [-0.2, -0.15) is 0 Å². The van der Waals surface area contributed by atoms with E-state index in [0.717, 1.165) is 79.1 Å². The van der Waals surface area contributed by atoms with Crippen LogP contribution in [0.1, 0.15) is 0 Å². The predicted molar refractivity (Wildman–Crippen MR) is 336 cm³/mol. The summed E-state index contributed by atoms with van der Waals surface area (Å²) in [6, 6.07) is 100. The van der Waals surface area contributed by atoms with E-state index in [1.807, 2.05) is 0 Å². The van der Waals surface area contributed by atoms with Crippen molar-refractivity contribution in [2.24, 2.45) is 0 Å². The van der Waals surface area contributed by atoms with E-state index in [-0.39, 0.29) is 13.4 Å². The van der Waals surface area contributed by atoms with Gasteiger partial charge in [-0.3, -0.25) is 0 Å². The molecular formula is C72H45B2N5O. The lowest BCUT2D eigenvalue weighted by atomic mass is 9.29. The van der Waals surface area contributed by atoms with Crippen LogP contribution in [0, 0.1) is 0 Å². The summed E-state index contributed by atoms with van der Waals surface area (Å²) < 4.78 is 9.72. The first-order chi connectivity index (χ1) is 39.7. The highest BCUT2D eigenvalue weighted by molar-refractivity contribution is 7.05. The molecule has 8 heteroatoms. The van der Waals surface area contributed by atoms with Gasteiger partial charge in [-0.25, -0.2) is 0 Å². The van der Waals surface area contributed by atoms with Crippen molar-refractivity contribution in [3.63, 3.8) is 0 Å². The van der Waals surface area contributed by atoms with Crippen LogP contribution < -0.4 is 52.4 Å². The topological polar surface area (TPSA) is 31.0 Å². The normalized spacial score (nSPS) is 13.2. The number of nitrogens with zero attached hydrogens (tertiary/aromatic N) is 5. The first kappa shape index (κ1) is 43.6. The van der Waals surface area contributed by atoms with Crippen molar-refractivity contribution in [3.05, 3.63) is 273 Å². The lowest BCUT2D eigenvalue weighted by molar-refractivity contribution is 0.669. The van der Waals surface area contributed by atoms with Crippen LogP contribution in [-0.2, 0) is 0 Å². The van der Waals surface area contributed by atoms with Gasteiger partial charge in [0.25, 0.3) is 13.4 Å². The summed E-state index contributed by atoms with van der Waals surface area (Å²) in [6.45, 7) is -0.247. The third kappa shape index (κ3) is 5.94. The maximum Gasteiger partial charge on any atom is 0.253 e. The molecule has 12 aromatic carbocycles. The quantitative estimate of drug-likeness (QED) is 0.142. The minimum absolute atomic E-state index is 0.0815. The molecule has 0 fully saturated rings. The zero-order chi connectivity index (χ0) is 52.2. The Labute approximate surface area is 463 Å².